The van der Waals surface area contributed by atoms with Crippen LogP contribution in [-0.4, -0.2) is 38.4 Å². The molecular formula is C18H28N4O3. The molecule has 7 heteroatoms. The number of methoxy groups -OCH3 is 1. The van der Waals surface area contributed by atoms with Crippen LogP contribution in [0.5, 0.6) is 0 Å². The van der Waals surface area contributed by atoms with Gasteiger partial charge in [0.15, 0.2) is 0 Å². The Bertz CT molecular complexity index is 559. The minimum Gasteiger partial charge on any atom is -0.453 e. The Labute approximate surface area is 148 Å². The molecule has 0 heterocycles. The first-order valence-electron chi connectivity index (χ1n) is 8.90. The third-order valence-corrected chi connectivity index (χ3v) is 4.23. The van der Waals surface area contributed by atoms with Gasteiger partial charge in [-0.1, -0.05) is 25.3 Å². The van der Waals surface area contributed by atoms with Crippen LogP contribution in [0.4, 0.5) is 21.0 Å². The van der Waals surface area contributed by atoms with E-state index in [0.717, 1.165) is 13.0 Å². The van der Waals surface area contributed by atoms with E-state index < -0.39 is 6.09 Å². The summed E-state index contributed by atoms with van der Waals surface area (Å²) >= 11 is 0. The van der Waals surface area contributed by atoms with Crippen molar-refractivity contribution in [1.82, 2.24) is 10.6 Å². The fourth-order valence-electron chi connectivity index (χ4n) is 2.92. The van der Waals surface area contributed by atoms with E-state index in [1.807, 2.05) is 0 Å². The average Bonchev–Trinajstić information content (AvgIpc) is 2.62. The predicted molar refractivity (Wildman–Crippen MR) is 99.0 cm³/mol. The molecule has 1 fully saturated rings. The summed E-state index contributed by atoms with van der Waals surface area (Å²) < 4.78 is 4.54. The number of carbonyl (C=O) groups is 2. The van der Waals surface area contributed by atoms with Crippen LogP contribution >= 0.6 is 0 Å². The highest BCUT2D eigenvalue weighted by Crippen LogP contribution is 2.17. The average molecular weight is 348 g/mol. The fourth-order valence-corrected chi connectivity index (χ4v) is 2.92. The lowest BCUT2D eigenvalue weighted by Gasteiger charge is -2.22. The van der Waals surface area contributed by atoms with Gasteiger partial charge in [-0.15, -0.1) is 0 Å². The Balaban J connectivity index is 1.62. The molecule has 1 saturated carbocycles. The molecule has 1 aliphatic carbocycles. The van der Waals surface area contributed by atoms with Crippen molar-refractivity contribution in [1.29, 1.82) is 0 Å². The maximum atomic E-state index is 11.9. The molecular weight excluding hydrogens is 320 g/mol. The number of anilines is 2. The van der Waals surface area contributed by atoms with E-state index in [2.05, 4.69) is 26.0 Å². The molecule has 0 spiro atoms. The molecule has 0 unspecified atom stereocenters. The number of benzene rings is 1. The minimum atomic E-state index is -0.549. The van der Waals surface area contributed by atoms with E-state index >= 15 is 0 Å². The molecule has 7 nitrogen and oxygen atoms in total. The Hall–Kier alpha value is -2.28. The number of amides is 3. The van der Waals surface area contributed by atoms with E-state index in [-0.39, 0.29) is 6.03 Å². The smallest absolute Gasteiger partial charge is 0.411 e. The van der Waals surface area contributed by atoms with Crippen molar-refractivity contribution >= 4 is 23.5 Å². The van der Waals surface area contributed by atoms with Gasteiger partial charge in [-0.2, -0.15) is 0 Å². The number of ether oxygens (including phenoxy) is 1. The Morgan fingerprint density at radius 2 is 1.80 bits per heavy atom. The third-order valence-electron chi connectivity index (χ3n) is 4.23. The van der Waals surface area contributed by atoms with E-state index in [4.69, 9.17) is 0 Å². The lowest BCUT2D eigenvalue weighted by molar-refractivity contribution is 0.187. The zero-order chi connectivity index (χ0) is 17.9. The molecule has 25 heavy (non-hydrogen) atoms. The zero-order valence-corrected chi connectivity index (χ0v) is 14.8. The first-order valence-corrected chi connectivity index (χ1v) is 8.90. The second-order valence-corrected chi connectivity index (χ2v) is 6.22. The van der Waals surface area contributed by atoms with Crippen LogP contribution < -0.4 is 21.3 Å². The largest absolute Gasteiger partial charge is 0.453 e. The van der Waals surface area contributed by atoms with Gasteiger partial charge in [0, 0.05) is 24.0 Å². The minimum absolute atomic E-state index is 0.257. The summed E-state index contributed by atoms with van der Waals surface area (Å²) in [5, 5.41) is 11.7. The van der Waals surface area contributed by atoms with Gasteiger partial charge in [-0.05, 0) is 44.0 Å². The second-order valence-electron chi connectivity index (χ2n) is 6.22. The molecule has 0 aromatic heterocycles. The van der Waals surface area contributed by atoms with E-state index in [1.54, 1.807) is 24.3 Å². The molecule has 0 atom stereocenters. The van der Waals surface area contributed by atoms with Crippen molar-refractivity contribution < 1.29 is 14.3 Å². The van der Waals surface area contributed by atoms with Crippen molar-refractivity contribution in [2.75, 3.05) is 30.8 Å². The van der Waals surface area contributed by atoms with Gasteiger partial charge in [-0.3, -0.25) is 5.32 Å². The number of carbonyl (C=O) groups excluding carboxylic acids is 2. The summed E-state index contributed by atoms with van der Waals surface area (Å²) in [6, 6.07) is 7.28. The van der Waals surface area contributed by atoms with E-state index in [9.17, 15) is 9.59 Å². The number of hydrogen-bond donors (Lipinski definition) is 4. The summed E-state index contributed by atoms with van der Waals surface area (Å²) in [6.07, 6.45) is 6.88. The molecule has 0 bridgehead atoms. The van der Waals surface area contributed by atoms with Crippen LogP contribution in [0.15, 0.2) is 24.3 Å². The zero-order valence-electron chi connectivity index (χ0n) is 14.8. The SMILES string of the molecule is COC(=O)Nc1cccc(NC(=O)NCCCNC2CCCCC2)c1. The number of hydrogen-bond acceptors (Lipinski definition) is 4. The van der Waals surface area contributed by atoms with Crippen LogP contribution in [0.2, 0.25) is 0 Å². The lowest BCUT2D eigenvalue weighted by atomic mass is 9.95. The summed E-state index contributed by atoms with van der Waals surface area (Å²) in [5.74, 6) is 0. The summed E-state index contributed by atoms with van der Waals surface area (Å²) in [5.41, 5.74) is 1.16. The summed E-state index contributed by atoms with van der Waals surface area (Å²) in [7, 11) is 1.30. The summed E-state index contributed by atoms with van der Waals surface area (Å²) in [6.45, 7) is 1.54. The Kier molecular flexibility index (Phi) is 8.04. The van der Waals surface area contributed by atoms with Crippen molar-refractivity contribution in [2.45, 2.75) is 44.6 Å². The number of urea groups is 1. The van der Waals surface area contributed by atoms with Gasteiger partial charge in [0.1, 0.15) is 0 Å². The molecule has 1 aliphatic rings. The molecule has 3 amide bonds. The molecule has 1 aromatic carbocycles. The number of rotatable bonds is 7. The van der Waals surface area contributed by atoms with E-state index in [0.29, 0.717) is 24.0 Å². The molecule has 2 rings (SSSR count). The second kappa shape index (κ2) is 10.6. The highest BCUT2D eigenvalue weighted by molar-refractivity contribution is 5.91. The van der Waals surface area contributed by atoms with Crippen molar-refractivity contribution in [3.63, 3.8) is 0 Å². The van der Waals surface area contributed by atoms with Crippen LogP contribution in [0, 0.1) is 0 Å². The molecule has 4 N–H and O–H groups in total. The highest BCUT2D eigenvalue weighted by atomic mass is 16.5. The lowest BCUT2D eigenvalue weighted by Crippen LogP contribution is -2.35. The predicted octanol–water partition coefficient (Wildman–Crippen LogP) is 3.30. The molecule has 1 aromatic rings. The quantitative estimate of drug-likeness (QED) is 0.569. The molecule has 0 saturated heterocycles. The normalized spacial score (nSPS) is 14.6. The standard InChI is InChI=1S/C18H28N4O3/c1-25-18(24)22-16-10-5-9-15(13-16)21-17(23)20-12-6-11-19-14-7-3-2-4-8-14/h5,9-10,13-14,19H,2-4,6-8,11-12H2,1H3,(H,22,24)(H2,20,21,23). The number of nitrogens with one attached hydrogen (secondary N) is 4. The molecule has 0 radical (unpaired) electrons. The van der Waals surface area contributed by atoms with Gasteiger partial charge in [0.25, 0.3) is 0 Å². The van der Waals surface area contributed by atoms with Crippen LogP contribution in [0.3, 0.4) is 0 Å². The molecule has 0 aliphatic heterocycles. The monoisotopic (exact) mass is 348 g/mol. The maximum absolute atomic E-state index is 11.9. The van der Waals surface area contributed by atoms with Gasteiger partial charge in [0.2, 0.25) is 0 Å². The fraction of sp³-hybridized carbons (Fsp3) is 0.556. The van der Waals surface area contributed by atoms with Crippen LogP contribution in [0.25, 0.3) is 0 Å². The Morgan fingerprint density at radius 1 is 1.08 bits per heavy atom. The van der Waals surface area contributed by atoms with Gasteiger partial charge in [0.05, 0.1) is 7.11 Å². The van der Waals surface area contributed by atoms with Crippen molar-refractivity contribution in [3.8, 4) is 0 Å². The van der Waals surface area contributed by atoms with Gasteiger partial charge in [-0.25, -0.2) is 9.59 Å². The summed E-state index contributed by atoms with van der Waals surface area (Å²) in [4.78, 5) is 23.1. The van der Waals surface area contributed by atoms with E-state index in [1.165, 1.54) is 39.2 Å². The maximum Gasteiger partial charge on any atom is 0.411 e. The topological polar surface area (TPSA) is 91.5 Å². The highest BCUT2D eigenvalue weighted by Gasteiger charge is 2.11. The van der Waals surface area contributed by atoms with Crippen molar-refractivity contribution in [3.05, 3.63) is 24.3 Å². The third kappa shape index (κ3) is 7.43. The van der Waals surface area contributed by atoms with Gasteiger partial charge >= 0.3 is 12.1 Å². The Morgan fingerprint density at radius 3 is 2.52 bits per heavy atom. The van der Waals surface area contributed by atoms with Crippen molar-refractivity contribution in [2.24, 2.45) is 0 Å². The first-order chi connectivity index (χ1) is 12.2. The van der Waals surface area contributed by atoms with Gasteiger partial charge < -0.3 is 20.7 Å². The van der Waals surface area contributed by atoms with Crippen LogP contribution in [0.1, 0.15) is 38.5 Å². The first kappa shape index (κ1) is 19.1. The molecule has 138 valence electrons. The van der Waals surface area contributed by atoms with Crippen LogP contribution in [-0.2, 0) is 4.74 Å².